The molecule has 2 atom stereocenters. The van der Waals surface area contributed by atoms with Crippen LogP contribution in [0.3, 0.4) is 0 Å². The van der Waals surface area contributed by atoms with E-state index in [9.17, 15) is 19.5 Å². The zero-order valence-electron chi connectivity index (χ0n) is 38.5. The quantitative estimate of drug-likeness (QED) is 0.0283. The minimum absolute atomic E-state index is 0.0480. The average Bonchev–Trinajstić information content (AvgIpc) is 3.18. The number of nitrogens with zero attached hydrogens (tertiary/aromatic N) is 1. The lowest BCUT2D eigenvalue weighted by Crippen LogP contribution is -2.50. The van der Waals surface area contributed by atoms with Gasteiger partial charge in [-0.1, -0.05) is 185 Å². The summed E-state index contributed by atoms with van der Waals surface area (Å²) in [5.74, 6) is -1.51. The Labute approximate surface area is 357 Å². The molecule has 0 radical (unpaired) electrons. The van der Waals surface area contributed by atoms with Crippen LogP contribution < -0.4 is 0 Å². The largest absolute Gasteiger partial charge is 0.477 e. The zero-order valence-corrected chi connectivity index (χ0v) is 38.5. The lowest BCUT2D eigenvalue weighted by atomic mass is 10.0. The molecule has 338 valence electrons. The van der Waals surface area contributed by atoms with Gasteiger partial charge in [0.2, 0.25) is 0 Å². The third kappa shape index (κ3) is 39.0. The standard InChI is InChI=1S/C50H91NO7/c1-6-8-10-12-14-16-18-20-21-22-23-24-25-26-27-28-29-31-32-34-36-38-40-48(52)57-45-46(44-56-43-42-47(50(54)55)51(3,4)5)58-49(53)41-39-37-35-33-30-19-17-15-13-11-9-7-2/h9,11,15,17,30,33,46-47H,6-8,10,12-14,16,18-29,31-32,34-45H2,1-5H3/p+1/b11-9+,17-15+,33-30+. The number of unbranched alkanes of at least 4 members (excludes halogenated alkanes) is 23. The molecule has 0 saturated heterocycles. The number of carboxylic acids is 1. The van der Waals surface area contributed by atoms with E-state index in [4.69, 9.17) is 14.2 Å². The van der Waals surface area contributed by atoms with Crippen molar-refractivity contribution in [1.29, 1.82) is 0 Å². The van der Waals surface area contributed by atoms with E-state index in [1.165, 1.54) is 122 Å². The van der Waals surface area contributed by atoms with Crippen LogP contribution in [-0.2, 0) is 28.6 Å². The third-order valence-corrected chi connectivity index (χ3v) is 10.8. The minimum Gasteiger partial charge on any atom is -0.477 e. The molecular weight excluding hydrogens is 727 g/mol. The lowest BCUT2D eigenvalue weighted by Gasteiger charge is -2.31. The van der Waals surface area contributed by atoms with Crippen molar-refractivity contribution in [3.05, 3.63) is 36.5 Å². The molecule has 8 heteroatoms. The summed E-state index contributed by atoms with van der Waals surface area (Å²) in [6.07, 6.45) is 47.8. The number of hydrogen-bond acceptors (Lipinski definition) is 6. The summed E-state index contributed by atoms with van der Waals surface area (Å²) in [5, 5.41) is 9.62. The van der Waals surface area contributed by atoms with Gasteiger partial charge in [-0.2, -0.15) is 0 Å². The Balaban J connectivity index is 4.19. The van der Waals surface area contributed by atoms with Gasteiger partial charge in [0, 0.05) is 19.3 Å². The molecule has 0 heterocycles. The number of carbonyl (C=O) groups is 3. The number of rotatable bonds is 43. The van der Waals surface area contributed by atoms with Gasteiger partial charge >= 0.3 is 17.9 Å². The van der Waals surface area contributed by atoms with Gasteiger partial charge in [0.1, 0.15) is 6.61 Å². The summed E-state index contributed by atoms with van der Waals surface area (Å²) < 4.78 is 17.3. The highest BCUT2D eigenvalue weighted by atomic mass is 16.6. The van der Waals surface area contributed by atoms with E-state index in [2.05, 4.69) is 50.3 Å². The number of quaternary nitrogens is 1. The lowest BCUT2D eigenvalue weighted by molar-refractivity contribution is -0.887. The number of carbonyl (C=O) groups excluding carboxylic acids is 2. The van der Waals surface area contributed by atoms with Crippen LogP contribution in [-0.4, -0.2) is 80.6 Å². The van der Waals surface area contributed by atoms with E-state index in [0.29, 0.717) is 19.3 Å². The first-order valence-corrected chi connectivity index (χ1v) is 24.0. The van der Waals surface area contributed by atoms with E-state index >= 15 is 0 Å². The van der Waals surface area contributed by atoms with E-state index < -0.39 is 18.1 Å². The second-order valence-corrected chi connectivity index (χ2v) is 17.3. The molecule has 0 aromatic carbocycles. The first-order valence-electron chi connectivity index (χ1n) is 24.0. The maximum Gasteiger partial charge on any atom is 0.362 e. The van der Waals surface area contributed by atoms with Crippen LogP contribution in [0.2, 0.25) is 0 Å². The van der Waals surface area contributed by atoms with Crippen molar-refractivity contribution in [3.8, 4) is 0 Å². The topological polar surface area (TPSA) is 99.1 Å². The Kier molecular flexibility index (Phi) is 39.5. The second-order valence-electron chi connectivity index (χ2n) is 17.3. The summed E-state index contributed by atoms with van der Waals surface area (Å²) >= 11 is 0. The summed E-state index contributed by atoms with van der Waals surface area (Å²) in [6, 6.07) is -0.620. The third-order valence-electron chi connectivity index (χ3n) is 10.8. The van der Waals surface area contributed by atoms with Crippen molar-refractivity contribution in [3.63, 3.8) is 0 Å². The molecule has 58 heavy (non-hydrogen) atoms. The van der Waals surface area contributed by atoms with Crippen LogP contribution in [0, 0.1) is 0 Å². The SMILES string of the molecule is CC/C=C/C/C=C/C/C=C/CCCCC(=O)OC(COCCC(C(=O)O)[N+](C)(C)C)COC(=O)CCCCCCCCCCCCCCCCCCCCCCCC. The number of allylic oxidation sites excluding steroid dienone is 6. The first kappa shape index (κ1) is 55.5. The Morgan fingerprint density at radius 2 is 0.966 bits per heavy atom. The Bertz CT molecular complexity index is 1050. The smallest absolute Gasteiger partial charge is 0.362 e. The molecule has 0 aromatic heterocycles. The predicted octanol–water partition coefficient (Wildman–Crippen LogP) is 13.4. The van der Waals surface area contributed by atoms with Crippen molar-refractivity contribution in [2.45, 2.75) is 225 Å². The van der Waals surface area contributed by atoms with Crippen molar-refractivity contribution in [1.82, 2.24) is 0 Å². The Morgan fingerprint density at radius 1 is 0.534 bits per heavy atom. The minimum atomic E-state index is -0.880. The Morgan fingerprint density at radius 3 is 1.43 bits per heavy atom. The van der Waals surface area contributed by atoms with Crippen LogP contribution in [0.25, 0.3) is 0 Å². The summed E-state index contributed by atoms with van der Waals surface area (Å²) in [7, 11) is 5.52. The second kappa shape index (κ2) is 41.3. The van der Waals surface area contributed by atoms with E-state index in [0.717, 1.165) is 51.4 Å². The first-order chi connectivity index (χ1) is 28.1. The number of aliphatic carboxylic acids is 1. The fourth-order valence-electron chi connectivity index (χ4n) is 7.11. The maximum atomic E-state index is 12.7. The Hall–Kier alpha value is -2.45. The number of carboxylic acid groups (broad SMARTS) is 1. The molecule has 0 fully saturated rings. The van der Waals surface area contributed by atoms with Crippen LogP contribution in [0.5, 0.6) is 0 Å². The molecule has 0 amide bonds. The van der Waals surface area contributed by atoms with Gasteiger partial charge in [-0.05, 0) is 44.9 Å². The number of hydrogen-bond donors (Lipinski definition) is 1. The molecule has 0 aliphatic rings. The van der Waals surface area contributed by atoms with Gasteiger partial charge in [0.15, 0.2) is 12.1 Å². The summed E-state index contributed by atoms with van der Waals surface area (Å²) in [5.41, 5.74) is 0. The molecule has 0 rings (SSSR count). The number of esters is 2. The molecule has 0 aliphatic heterocycles. The van der Waals surface area contributed by atoms with Crippen LogP contribution >= 0.6 is 0 Å². The van der Waals surface area contributed by atoms with Gasteiger partial charge in [-0.25, -0.2) is 4.79 Å². The molecule has 0 saturated carbocycles. The van der Waals surface area contributed by atoms with Crippen molar-refractivity contribution < 1.29 is 38.2 Å². The highest BCUT2D eigenvalue weighted by Gasteiger charge is 2.31. The van der Waals surface area contributed by atoms with Crippen LogP contribution in [0.4, 0.5) is 0 Å². The number of likely N-dealkylation sites (N-methyl/N-ethyl adjacent to an activating group) is 1. The van der Waals surface area contributed by atoms with Crippen molar-refractivity contribution >= 4 is 17.9 Å². The highest BCUT2D eigenvalue weighted by molar-refractivity contribution is 5.72. The molecule has 0 aromatic rings. The molecule has 0 spiro atoms. The van der Waals surface area contributed by atoms with Gasteiger partial charge in [0.05, 0.1) is 34.4 Å². The molecule has 8 nitrogen and oxygen atoms in total. The van der Waals surface area contributed by atoms with Gasteiger partial charge in [-0.15, -0.1) is 0 Å². The highest BCUT2D eigenvalue weighted by Crippen LogP contribution is 2.16. The molecule has 0 aliphatic carbocycles. The fourth-order valence-corrected chi connectivity index (χ4v) is 7.11. The maximum absolute atomic E-state index is 12.7. The van der Waals surface area contributed by atoms with Crippen molar-refractivity contribution in [2.75, 3.05) is 41.0 Å². The summed E-state index contributed by atoms with van der Waals surface area (Å²) in [4.78, 5) is 37.0. The van der Waals surface area contributed by atoms with Gasteiger partial charge in [0.25, 0.3) is 0 Å². The van der Waals surface area contributed by atoms with Gasteiger partial charge in [-0.3, -0.25) is 9.59 Å². The van der Waals surface area contributed by atoms with Crippen LogP contribution in [0.15, 0.2) is 36.5 Å². The average molecular weight is 819 g/mol. The molecular formula is C50H92NO7+. The number of ether oxygens (including phenoxy) is 3. The monoisotopic (exact) mass is 819 g/mol. The predicted molar refractivity (Wildman–Crippen MR) is 243 cm³/mol. The van der Waals surface area contributed by atoms with Crippen molar-refractivity contribution in [2.24, 2.45) is 0 Å². The molecule has 2 unspecified atom stereocenters. The zero-order chi connectivity index (χ0) is 42.8. The van der Waals surface area contributed by atoms with Gasteiger partial charge < -0.3 is 23.8 Å². The normalized spacial score (nSPS) is 13.2. The molecule has 1 N–H and O–H groups in total. The van der Waals surface area contributed by atoms with Crippen LogP contribution in [0.1, 0.15) is 213 Å². The summed E-state index contributed by atoms with van der Waals surface area (Å²) in [6.45, 7) is 4.60. The van der Waals surface area contributed by atoms with E-state index in [-0.39, 0.29) is 42.7 Å². The fraction of sp³-hybridized carbons (Fsp3) is 0.820. The molecule has 0 bridgehead atoms. The van der Waals surface area contributed by atoms with E-state index in [1.807, 2.05) is 21.1 Å². The van der Waals surface area contributed by atoms with E-state index in [1.54, 1.807) is 0 Å².